The number of urea groups is 1. The first kappa shape index (κ1) is 17.7. The third kappa shape index (κ3) is 4.95. The summed E-state index contributed by atoms with van der Waals surface area (Å²) in [6, 6.07) is 12.8. The van der Waals surface area contributed by atoms with Crippen molar-refractivity contribution in [2.75, 3.05) is 22.5 Å². The number of carbonyl (C=O) groups is 1. The lowest BCUT2D eigenvalue weighted by Gasteiger charge is -2.12. The van der Waals surface area contributed by atoms with Gasteiger partial charge in [0.15, 0.2) is 0 Å². The van der Waals surface area contributed by atoms with Gasteiger partial charge in [-0.1, -0.05) is 12.8 Å². The van der Waals surface area contributed by atoms with E-state index in [-0.39, 0.29) is 5.69 Å². The molecule has 7 heteroatoms. The molecule has 1 aliphatic rings. The van der Waals surface area contributed by atoms with Crippen LogP contribution in [-0.2, 0) is 0 Å². The number of amides is 2. The summed E-state index contributed by atoms with van der Waals surface area (Å²) in [4.78, 5) is 22.2. The Morgan fingerprint density at radius 2 is 1.42 bits per heavy atom. The van der Waals surface area contributed by atoms with Crippen molar-refractivity contribution >= 4 is 28.8 Å². The Labute approximate surface area is 152 Å². The van der Waals surface area contributed by atoms with Gasteiger partial charge >= 0.3 is 6.03 Å². The zero-order chi connectivity index (χ0) is 18.4. The fraction of sp³-hybridized carbons (Fsp3) is 0.316. The van der Waals surface area contributed by atoms with Crippen LogP contribution in [0.15, 0.2) is 48.5 Å². The van der Waals surface area contributed by atoms with Crippen LogP contribution in [0, 0.1) is 16.0 Å². The summed E-state index contributed by atoms with van der Waals surface area (Å²) < 4.78 is 0. The molecule has 0 aromatic heterocycles. The molecule has 1 fully saturated rings. The lowest BCUT2D eigenvalue weighted by atomic mass is 10.1. The first-order valence-electron chi connectivity index (χ1n) is 8.76. The molecule has 3 rings (SSSR count). The van der Waals surface area contributed by atoms with Crippen molar-refractivity contribution in [3.63, 3.8) is 0 Å². The molecule has 1 saturated carbocycles. The fourth-order valence-corrected chi connectivity index (χ4v) is 3.11. The van der Waals surface area contributed by atoms with Gasteiger partial charge in [-0.25, -0.2) is 4.79 Å². The predicted molar refractivity (Wildman–Crippen MR) is 103 cm³/mol. The van der Waals surface area contributed by atoms with Gasteiger partial charge in [-0.05, 0) is 55.2 Å². The zero-order valence-corrected chi connectivity index (χ0v) is 14.4. The maximum Gasteiger partial charge on any atom is 0.323 e. The number of non-ortho nitro benzene ring substituents is 1. The second-order valence-electron chi connectivity index (χ2n) is 6.49. The van der Waals surface area contributed by atoms with Crippen LogP contribution in [-0.4, -0.2) is 17.5 Å². The molecule has 2 aromatic rings. The third-order valence-electron chi connectivity index (χ3n) is 4.55. The van der Waals surface area contributed by atoms with Crippen LogP contribution >= 0.6 is 0 Å². The first-order chi connectivity index (χ1) is 12.6. The molecule has 2 aromatic carbocycles. The molecule has 0 radical (unpaired) electrons. The van der Waals surface area contributed by atoms with E-state index in [2.05, 4.69) is 16.0 Å². The molecule has 136 valence electrons. The predicted octanol–water partition coefficient (Wildman–Crippen LogP) is 4.84. The number of nitrogens with zero attached hydrogens (tertiary/aromatic N) is 1. The molecule has 7 nitrogen and oxygen atoms in total. The average molecular weight is 354 g/mol. The van der Waals surface area contributed by atoms with Gasteiger partial charge < -0.3 is 16.0 Å². The lowest BCUT2D eigenvalue weighted by molar-refractivity contribution is -0.384. The first-order valence-corrected chi connectivity index (χ1v) is 8.76. The number of hydrogen-bond acceptors (Lipinski definition) is 4. The molecular formula is C19H22N4O3. The number of hydrogen-bond donors (Lipinski definition) is 3. The van der Waals surface area contributed by atoms with Gasteiger partial charge in [-0.15, -0.1) is 0 Å². The number of benzene rings is 2. The minimum atomic E-state index is -0.480. The number of carbonyl (C=O) groups excluding carboxylic acids is 1. The van der Waals surface area contributed by atoms with Crippen molar-refractivity contribution in [1.82, 2.24) is 0 Å². The maximum atomic E-state index is 12.0. The number of nitro groups is 1. The summed E-state index contributed by atoms with van der Waals surface area (Å²) in [5.74, 6) is 0.764. The van der Waals surface area contributed by atoms with Gasteiger partial charge in [-0.3, -0.25) is 10.1 Å². The van der Waals surface area contributed by atoms with E-state index in [1.54, 1.807) is 0 Å². The molecule has 0 atom stereocenters. The molecule has 0 spiro atoms. The summed E-state index contributed by atoms with van der Waals surface area (Å²) >= 11 is 0. The van der Waals surface area contributed by atoms with Gasteiger partial charge in [0.1, 0.15) is 0 Å². The largest absolute Gasteiger partial charge is 0.385 e. The van der Waals surface area contributed by atoms with E-state index in [0.29, 0.717) is 11.4 Å². The summed E-state index contributed by atoms with van der Waals surface area (Å²) in [5.41, 5.74) is 2.19. The van der Waals surface area contributed by atoms with Crippen molar-refractivity contribution in [3.8, 4) is 0 Å². The Hall–Kier alpha value is -3.09. The molecule has 0 aliphatic heterocycles. The summed E-state index contributed by atoms with van der Waals surface area (Å²) in [6.07, 6.45) is 5.27. The lowest BCUT2D eigenvalue weighted by Crippen LogP contribution is -2.19. The van der Waals surface area contributed by atoms with Crippen LogP contribution in [0.3, 0.4) is 0 Å². The van der Waals surface area contributed by atoms with Crippen LogP contribution in [0.25, 0.3) is 0 Å². The average Bonchev–Trinajstić information content (AvgIpc) is 3.15. The Kier molecular flexibility index (Phi) is 5.68. The molecule has 3 N–H and O–H groups in total. The van der Waals surface area contributed by atoms with Crippen LogP contribution < -0.4 is 16.0 Å². The number of nitrogens with one attached hydrogen (secondary N) is 3. The molecule has 26 heavy (non-hydrogen) atoms. The zero-order valence-electron chi connectivity index (χ0n) is 14.4. The van der Waals surface area contributed by atoms with Gasteiger partial charge in [0.05, 0.1) is 4.92 Å². The molecular weight excluding hydrogens is 332 g/mol. The number of anilines is 3. The van der Waals surface area contributed by atoms with E-state index in [4.69, 9.17) is 0 Å². The fourth-order valence-electron chi connectivity index (χ4n) is 3.11. The standard InChI is InChI=1S/C19H22N4O3/c24-19(22-17-9-11-18(12-10-17)23(25)26)21-16-7-5-15(6-8-16)20-13-14-3-1-2-4-14/h5-12,14,20H,1-4,13H2,(H2,21,22,24). The van der Waals surface area contributed by atoms with E-state index in [0.717, 1.165) is 18.2 Å². The van der Waals surface area contributed by atoms with Gasteiger partial charge in [0, 0.05) is 35.7 Å². The minimum Gasteiger partial charge on any atom is -0.385 e. The van der Waals surface area contributed by atoms with E-state index < -0.39 is 11.0 Å². The van der Waals surface area contributed by atoms with Crippen LogP contribution in [0.4, 0.5) is 27.5 Å². The summed E-state index contributed by atoms with van der Waals surface area (Å²) in [7, 11) is 0. The smallest absolute Gasteiger partial charge is 0.323 e. The van der Waals surface area contributed by atoms with Crippen molar-refractivity contribution in [2.24, 2.45) is 5.92 Å². The maximum absolute atomic E-state index is 12.0. The minimum absolute atomic E-state index is 0.0170. The molecule has 0 saturated heterocycles. The van der Waals surface area contributed by atoms with Crippen LogP contribution in [0.2, 0.25) is 0 Å². The second-order valence-corrected chi connectivity index (χ2v) is 6.49. The van der Waals surface area contributed by atoms with E-state index >= 15 is 0 Å². The van der Waals surface area contributed by atoms with Gasteiger partial charge in [-0.2, -0.15) is 0 Å². The monoisotopic (exact) mass is 354 g/mol. The van der Waals surface area contributed by atoms with Crippen LogP contribution in [0.5, 0.6) is 0 Å². The quantitative estimate of drug-likeness (QED) is 0.511. The van der Waals surface area contributed by atoms with E-state index in [9.17, 15) is 14.9 Å². The summed E-state index contributed by atoms with van der Waals surface area (Å²) in [5, 5.41) is 19.4. The van der Waals surface area contributed by atoms with Crippen molar-refractivity contribution in [2.45, 2.75) is 25.7 Å². The molecule has 0 unspecified atom stereocenters. The van der Waals surface area contributed by atoms with Gasteiger partial charge in [0.2, 0.25) is 0 Å². The van der Waals surface area contributed by atoms with Crippen molar-refractivity contribution < 1.29 is 9.72 Å². The highest BCUT2D eigenvalue weighted by atomic mass is 16.6. The normalized spacial score (nSPS) is 14.0. The molecule has 0 heterocycles. The topological polar surface area (TPSA) is 96.3 Å². The van der Waals surface area contributed by atoms with E-state index in [1.165, 1.54) is 49.9 Å². The highest BCUT2D eigenvalue weighted by Gasteiger charge is 2.14. The number of rotatable bonds is 6. The number of nitro benzene ring substituents is 1. The van der Waals surface area contributed by atoms with Crippen LogP contribution in [0.1, 0.15) is 25.7 Å². The Balaban J connectivity index is 1.48. The van der Waals surface area contributed by atoms with Crippen molar-refractivity contribution in [1.29, 1.82) is 0 Å². The second kappa shape index (κ2) is 8.33. The van der Waals surface area contributed by atoms with Crippen molar-refractivity contribution in [3.05, 3.63) is 58.6 Å². The molecule has 1 aliphatic carbocycles. The summed E-state index contributed by atoms with van der Waals surface area (Å²) in [6.45, 7) is 0.993. The SMILES string of the molecule is O=C(Nc1ccc(NCC2CCCC2)cc1)Nc1ccc([N+](=O)[O-])cc1. The highest BCUT2D eigenvalue weighted by molar-refractivity contribution is 5.99. The Morgan fingerprint density at radius 1 is 0.923 bits per heavy atom. The molecule has 2 amide bonds. The Morgan fingerprint density at radius 3 is 1.96 bits per heavy atom. The highest BCUT2D eigenvalue weighted by Crippen LogP contribution is 2.25. The Bertz CT molecular complexity index is 753. The van der Waals surface area contributed by atoms with E-state index in [1.807, 2.05) is 24.3 Å². The third-order valence-corrected chi connectivity index (χ3v) is 4.55. The van der Waals surface area contributed by atoms with Gasteiger partial charge in [0.25, 0.3) is 5.69 Å². The molecule has 0 bridgehead atoms.